The highest BCUT2D eigenvalue weighted by molar-refractivity contribution is 7.11. The number of thiazole rings is 1. The highest BCUT2D eigenvalue weighted by Gasteiger charge is 2.12. The van der Waals surface area contributed by atoms with Gasteiger partial charge in [0.1, 0.15) is 22.6 Å². The second-order valence-corrected chi connectivity index (χ2v) is 7.60. The van der Waals surface area contributed by atoms with Gasteiger partial charge in [-0.05, 0) is 36.4 Å². The van der Waals surface area contributed by atoms with Gasteiger partial charge in [-0.25, -0.2) is 4.98 Å². The van der Waals surface area contributed by atoms with Gasteiger partial charge in [0, 0.05) is 27.6 Å². The molecule has 6 heteroatoms. The molecule has 2 aromatic heterocycles. The monoisotopic (exact) mass is 422 g/mol. The summed E-state index contributed by atoms with van der Waals surface area (Å²) in [6.45, 7) is 0. The van der Waals surface area contributed by atoms with Crippen molar-refractivity contribution >= 4 is 46.2 Å². The molecule has 3 nitrogen and oxygen atoms in total. The minimum atomic E-state index is 0.435. The van der Waals surface area contributed by atoms with Gasteiger partial charge in [-0.2, -0.15) is 5.26 Å². The normalized spacial score (nSPS) is 11.4. The van der Waals surface area contributed by atoms with E-state index in [1.165, 1.54) is 11.3 Å². The van der Waals surface area contributed by atoms with Crippen molar-refractivity contribution in [2.45, 2.75) is 0 Å². The molecule has 0 bridgehead atoms. The fraction of sp³-hybridized carbons (Fsp3) is 0. The molecule has 2 aromatic carbocycles. The SMILES string of the molecule is N#C/C(=C\c1ccc(-c2ccccc2Cl)o1)c1nc(-c2ccc(Cl)cc2)cs1. The van der Waals surface area contributed by atoms with Crippen LogP contribution < -0.4 is 0 Å². The van der Waals surface area contributed by atoms with Crippen LogP contribution in [0.1, 0.15) is 10.8 Å². The van der Waals surface area contributed by atoms with Crippen molar-refractivity contribution in [2.75, 3.05) is 0 Å². The maximum atomic E-state index is 9.59. The molecule has 4 aromatic rings. The van der Waals surface area contributed by atoms with Crippen LogP contribution in [-0.4, -0.2) is 4.98 Å². The third kappa shape index (κ3) is 3.88. The summed E-state index contributed by atoms with van der Waals surface area (Å²) in [5.41, 5.74) is 2.99. The lowest BCUT2D eigenvalue weighted by Gasteiger charge is -1.99. The number of hydrogen-bond acceptors (Lipinski definition) is 4. The van der Waals surface area contributed by atoms with Crippen LogP contribution in [0.5, 0.6) is 0 Å². The lowest BCUT2D eigenvalue weighted by atomic mass is 10.2. The summed E-state index contributed by atoms with van der Waals surface area (Å²) in [5, 5.41) is 13.4. The van der Waals surface area contributed by atoms with Gasteiger partial charge in [0.2, 0.25) is 0 Å². The predicted octanol–water partition coefficient (Wildman–Crippen LogP) is 7.44. The van der Waals surface area contributed by atoms with Crippen LogP contribution in [0.2, 0.25) is 10.0 Å². The van der Waals surface area contributed by atoms with Gasteiger partial charge in [0.25, 0.3) is 0 Å². The minimum Gasteiger partial charge on any atom is -0.457 e. The Morgan fingerprint density at radius 1 is 1.04 bits per heavy atom. The van der Waals surface area contributed by atoms with Crippen LogP contribution in [0.3, 0.4) is 0 Å². The maximum absolute atomic E-state index is 9.59. The van der Waals surface area contributed by atoms with Crippen LogP contribution in [0, 0.1) is 11.3 Å². The first kappa shape index (κ1) is 18.5. The summed E-state index contributed by atoms with van der Waals surface area (Å²) in [6, 6.07) is 20.7. The van der Waals surface area contributed by atoms with Crippen LogP contribution in [0.25, 0.3) is 34.2 Å². The average molecular weight is 423 g/mol. The zero-order valence-corrected chi connectivity index (χ0v) is 16.7. The van der Waals surface area contributed by atoms with Crippen LogP contribution >= 0.6 is 34.5 Å². The Morgan fingerprint density at radius 2 is 1.82 bits per heavy atom. The summed E-state index contributed by atoms with van der Waals surface area (Å²) in [4.78, 5) is 4.58. The van der Waals surface area contributed by atoms with Crippen molar-refractivity contribution in [1.82, 2.24) is 4.98 Å². The molecule has 0 unspecified atom stereocenters. The number of furan rings is 1. The molecule has 0 aliphatic rings. The van der Waals surface area contributed by atoms with E-state index in [-0.39, 0.29) is 0 Å². The van der Waals surface area contributed by atoms with E-state index >= 15 is 0 Å². The molecule has 0 N–H and O–H groups in total. The molecule has 0 radical (unpaired) electrons. The van der Waals surface area contributed by atoms with Gasteiger partial charge in [0.15, 0.2) is 0 Å². The Labute approximate surface area is 176 Å². The molecule has 0 atom stereocenters. The Balaban J connectivity index is 1.63. The van der Waals surface area contributed by atoms with Crippen molar-refractivity contribution in [3.63, 3.8) is 0 Å². The highest BCUT2D eigenvalue weighted by Crippen LogP contribution is 2.31. The molecular weight excluding hydrogens is 411 g/mol. The molecule has 0 fully saturated rings. The Kier molecular flexibility index (Phi) is 5.31. The lowest BCUT2D eigenvalue weighted by Crippen LogP contribution is -1.82. The molecule has 2 heterocycles. The standard InChI is InChI=1S/C22H12Cl2N2OS/c23-16-7-5-14(6-8-16)20-13-28-22(26-20)15(12-25)11-17-9-10-21(27-17)18-3-1-2-4-19(18)24/h1-11,13H/b15-11+. The van der Waals surface area contributed by atoms with Crippen molar-refractivity contribution in [3.05, 3.63) is 86.9 Å². The number of hydrogen-bond donors (Lipinski definition) is 0. The van der Waals surface area contributed by atoms with Crippen molar-refractivity contribution in [2.24, 2.45) is 0 Å². The van der Waals surface area contributed by atoms with Crippen LogP contribution in [0.15, 0.2) is 70.5 Å². The predicted molar refractivity (Wildman–Crippen MR) is 115 cm³/mol. The van der Waals surface area contributed by atoms with Gasteiger partial charge in [0.05, 0.1) is 16.3 Å². The van der Waals surface area contributed by atoms with E-state index in [0.717, 1.165) is 16.8 Å². The number of allylic oxidation sites excluding steroid dienone is 1. The molecule has 0 spiro atoms. The van der Waals surface area contributed by atoms with E-state index in [9.17, 15) is 5.26 Å². The third-order valence-electron chi connectivity index (χ3n) is 4.05. The Bertz CT molecular complexity index is 1200. The molecular formula is C22H12Cl2N2OS. The summed E-state index contributed by atoms with van der Waals surface area (Å²) >= 11 is 13.6. The van der Waals surface area contributed by atoms with Crippen molar-refractivity contribution in [3.8, 4) is 28.7 Å². The second kappa shape index (κ2) is 8.04. The maximum Gasteiger partial charge on any atom is 0.136 e. The Hall–Kier alpha value is -2.84. The molecule has 4 rings (SSSR count). The van der Waals surface area contributed by atoms with Gasteiger partial charge in [-0.1, -0.05) is 47.5 Å². The number of aromatic nitrogens is 1. The highest BCUT2D eigenvalue weighted by atomic mass is 35.5. The van der Waals surface area contributed by atoms with E-state index < -0.39 is 0 Å². The zero-order chi connectivity index (χ0) is 19.5. The molecule has 0 saturated heterocycles. The lowest BCUT2D eigenvalue weighted by molar-refractivity contribution is 0.572. The van der Waals surface area contributed by atoms with E-state index in [1.54, 1.807) is 6.08 Å². The Morgan fingerprint density at radius 3 is 2.57 bits per heavy atom. The number of halogens is 2. The first-order chi connectivity index (χ1) is 13.6. The summed E-state index contributed by atoms with van der Waals surface area (Å²) in [5.74, 6) is 1.21. The topological polar surface area (TPSA) is 49.8 Å². The van der Waals surface area contributed by atoms with Crippen LogP contribution in [0.4, 0.5) is 0 Å². The molecule has 0 aliphatic heterocycles. The third-order valence-corrected chi connectivity index (χ3v) is 5.50. The molecule has 28 heavy (non-hydrogen) atoms. The molecule has 0 aliphatic carbocycles. The summed E-state index contributed by atoms with van der Waals surface area (Å²) in [6.07, 6.45) is 1.69. The number of benzene rings is 2. The van der Waals surface area contributed by atoms with Crippen LogP contribution in [-0.2, 0) is 0 Å². The molecule has 0 saturated carbocycles. The first-order valence-corrected chi connectivity index (χ1v) is 9.96. The summed E-state index contributed by atoms with van der Waals surface area (Å²) in [7, 11) is 0. The number of rotatable bonds is 4. The number of nitrogens with zero attached hydrogens (tertiary/aromatic N) is 2. The quantitative estimate of drug-likeness (QED) is 0.321. The van der Waals surface area contributed by atoms with Gasteiger partial charge >= 0.3 is 0 Å². The first-order valence-electron chi connectivity index (χ1n) is 8.32. The van der Waals surface area contributed by atoms with Gasteiger partial charge in [-0.15, -0.1) is 11.3 Å². The molecule has 0 amide bonds. The summed E-state index contributed by atoms with van der Waals surface area (Å²) < 4.78 is 5.86. The van der Waals surface area contributed by atoms with E-state index in [0.29, 0.717) is 32.1 Å². The van der Waals surface area contributed by atoms with Crippen molar-refractivity contribution in [1.29, 1.82) is 5.26 Å². The number of nitriles is 1. The average Bonchev–Trinajstić information content (AvgIpc) is 3.37. The van der Waals surface area contributed by atoms with Crippen molar-refractivity contribution < 1.29 is 4.42 Å². The largest absolute Gasteiger partial charge is 0.457 e. The minimum absolute atomic E-state index is 0.435. The smallest absolute Gasteiger partial charge is 0.136 e. The molecule has 136 valence electrons. The fourth-order valence-corrected chi connectivity index (χ4v) is 3.82. The fourth-order valence-electron chi connectivity index (χ4n) is 2.67. The van der Waals surface area contributed by atoms with Gasteiger partial charge in [-0.3, -0.25) is 0 Å². The van der Waals surface area contributed by atoms with E-state index in [2.05, 4.69) is 11.1 Å². The van der Waals surface area contributed by atoms with Gasteiger partial charge < -0.3 is 4.42 Å². The second-order valence-electron chi connectivity index (χ2n) is 5.90. The van der Waals surface area contributed by atoms with E-state index in [1.807, 2.05) is 66.0 Å². The zero-order valence-electron chi connectivity index (χ0n) is 14.4. The van der Waals surface area contributed by atoms with E-state index in [4.69, 9.17) is 27.6 Å².